The maximum absolute atomic E-state index is 10.8. The van der Waals surface area contributed by atoms with E-state index < -0.39 is 7.75 Å². The standard InChI is InChI=1S/C4H10NO3P/c1-4-2-3-7-9(5,6)8-4/h4H,2-3H2,1H3,(H2,5,6)/t4-,9-/m0/s1. The predicted octanol–water partition coefficient (Wildman–Crippen LogP) is 0.879. The van der Waals surface area contributed by atoms with Crippen LogP contribution in [-0.4, -0.2) is 12.7 Å². The molecule has 9 heavy (non-hydrogen) atoms. The molecule has 0 radical (unpaired) electrons. The van der Waals surface area contributed by atoms with Crippen LogP contribution >= 0.6 is 7.75 Å². The maximum atomic E-state index is 10.8. The largest absolute Gasteiger partial charge is 0.403 e. The Labute approximate surface area is 53.9 Å². The smallest absolute Gasteiger partial charge is 0.297 e. The highest BCUT2D eigenvalue weighted by Crippen LogP contribution is 2.44. The zero-order valence-corrected chi connectivity index (χ0v) is 6.14. The second-order valence-electron chi connectivity index (χ2n) is 2.08. The van der Waals surface area contributed by atoms with E-state index in [2.05, 4.69) is 4.52 Å². The summed E-state index contributed by atoms with van der Waals surface area (Å²) in [7, 11) is -3.14. The summed E-state index contributed by atoms with van der Waals surface area (Å²) in [5.74, 6) is 0. The molecule has 4 nitrogen and oxygen atoms in total. The summed E-state index contributed by atoms with van der Waals surface area (Å²) in [6, 6.07) is 0. The van der Waals surface area contributed by atoms with Crippen LogP contribution in [0.1, 0.15) is 13.3 Å². The molecule has 2 atom stereocenters. The van der Waals surface area contributed by atoms with Crippen molar-refractivity contribution in [2.75, 3.05) is 6.61 Å². The molecule has 1 aliphatic heterocycles. The van der Waals surface area contributed by atoms with Crippen LogP contribution in [0.2, 0.25) is 0 Å². The highest BCUT2D eigenvalue weighted by Gasteiger charge is 2.26. The average Bonchev–Trinajstić information content (AvgIpc) is 1.60. The van der Waals surface area contributed by atoms with Gasteiger partial charge in [-0.25, -0.2) is 10.1 Å². The third-order valence-corrected chi connectivity index (χ3v) is 2.32. The van der Waals surface area contributed by atoms with Crippen LogP contribution in [0.25, 0.3) is 0 Å². The lowest BCUT2D eigenvalue weighted by molar-refractivity contribution is 0.0926. The highest BCUT2D eigenvalue weighted by molar-refractivity contribution is 7.51. The molecular formula is C4H10NO3P. The highest BCUT2D eigenvalue weighted by atomic mass is 31.2. The molecule has 0 aromatic carbocycles. The van der Waals surface area contributed by atoms with Crippen LogP contribution < -0.4 is 5.50 Å². The Balaban J connectivity index is 2.51. The molecule has 0 aromatic heterocycles. The molecule has 54 valence electrons. The molecule has 0 amide bonds. The van der Waals surface area contributed by atoms with Crippen molar-refractivity contribution in [2.24, 2.45) is 5.50 Å². The minimum atomic E-state index is -3.14. The number of rotatable bonds is 0. The van der Waals surface area contributed by atoms with Crippen molar-refractivity contribution in [3.8, 4) is 0 Å². The number of hydrogen-bond donors (Lipinski definition) is 1. The van der Waals surface area contributed by atoms with Crippen molar-refractivity contribution < 1.29 is 13.6 Å². The molecule has 1 aliphatic rings. The SMILES string of the molecule is C[C@H]1CCO[P@](N)(=O)O1. The van der Waals surface area contributed by atoms with Crippen molar-refractivity contribution >= 4 is 7.75 Å². The minimum absolute atomic E-state index is 0.0328. The zero-order chi connectivity index (χ0) is 6.91. The fourth-order valence-corrected chi connectivity index (χ4v) is 1.71. The molecule has 0 unspecified atom stereocenters. The van der Waals surface area contributed by atoms with Gasteiger partial charge >= 0.3 is 7.75 Å². The van der Waals surface area contributed by atoms with Crippen LogP contribution in [0.15, 0.2) is 0 Å². The van der Waals surface area contributed by atoms with Crippen LogP contribution in [0, 0.1) is 0 Å². The van der Waals surface area contributed by atoms with Gasteiger partial charge in [0.05, 0.1) is 12.7 Å². The molecule has 0 spiro atoms. The summed E-state index contributed by atoms with van der Waals surface area (Å²) in [5, 5.41) is 0. The van der Waals surface area contributed by atoms with E-state index >= 15 is 0 Å². The summed E-state index contributed by atoms with van der Waals surface area (Å²) < 4.78 is 20.2. The van der Waals surface area contributed by atoms with Crippen molar-refractivity contribution in [3.63, 3.8) is 0 Å². The molecule has 1 saturated heterocycles. The van der Waals surface area contributed by atoms with E-state index in [9.17, 15) is 4.57 Å². The Bertz CT molecular complexity index is 149. The maximum Gasteiger partial charge on any atom is 0.403 e. The van der Waals surface area contributed by atoms with E-state index in [1.54, 1.807) is 0 Å². The van der Waals surface area contributed by atoms with Crippen LogP contribution in [0.3, 0.4) is 0 Å². The molecule has 1 fully saturated rings. The Morgan fingerprint density at radius 3 is 2.78 bits per heavy atom. The fraction of sp³-hybridized carbons (Fsp3) is 1.00. The number of hydrogen-bond acceptors (Lipinski definition) is 3. The molecular weight excluding hydrogens is 141 g/mol. The van der Waals surface area contributed by atoms with Crippen LogP contribution in [0.5, 0.6) is 0 Å². The molecule has 0 saturated carbocycles. The first-order valence-electron chi connectivity index (χ1n) is 2.82. The molecule has 0 aliphatic carbocycles. The van der Waals surface area contributed by atoms with Gasteiger partial charge in [-0.05, 0) is 13.3 Å². The normalized spacial score (nSPS) is 44.9. The average molecular weight is 151 g/mol. The first kappa shape index (κ1) is 7.22. The summed E-state index contributed by atoms with van der Waals surface area (Å²) in [6.07, 6.45) is 0.732. The lowest BCUT2D eigenvalue weighted by Crippen LogP contribution is -2.20. The van der Waals surface area contributed by atoms with E-state index in [1.807, 2.05) is 6.92 Å². The van der Waals surface area contributed by atoms with E-state index in [1.165, 1.54) is 0 Å². The summed E-state index contributed by atoms with van der Waals surface area (Å²) in [4.78, 5) is 0. The molecule has 1 heterocycles. The van der Waals surface area contributed by atoms with Gasteiger partial charge in [-0.15, -0.1) is 0 Å². The molecule has 5 heteroatoms. The first-order chi connectivity index (χ1) is 4.10. The van der Waals surface area contributed by atoms with E-state index in [0.717, 1.165) is 6.42 Å². The number of nitrogens with two attached hydrogens (primary N) is 1. The second kappa shape index (κ2) is 2.39. The summed E-state index contributed by atoms with van der Waals surface area (Å²) in [6.45, 7) is 2.26. The Hall–Kier alpha value is 0.110. The van der Waals surface area contributed by atoms with Gasteiger partial charge in [0.2, 0.25) is 0 Å². The molecule has 2 N–H and O–H groups in total. The van der Waals surface area contributed by atoms with E-state index in [4.69, 9.17) is 10.0 Å². The topological polar surface area (TPSA) is 61.5 Å². The third kappa shape index (κ3) is 2.06. The minimum Gasteiger partial charge on any atom is -0.297 e. The molecule has 1 rings (SSSR count). The van der Waals surface area contributed by atoms with Gasteiger partial charge in [0.25, 0.3) is 0 Å². The van der Waals surface area contributed by atoms with E-state index in [-0.39, 0.29) is 6.10 Å². The van der Waals surface area contributed by atoms with Crippen molar-refractivity contribution in [1.29, 1.82) is 0 Å². The fourth-order valence-electron chi connectivity index (χ4n) is 0.680. The second-order valence-corrected chi connectivity index (χ2v) is 3.63. The zero-order valence-electron chi connectivity index (χ0n) is 5.24. The van der Waals surface area contributed by atoms with Crippen molar-refractivity contribution in [2.45, 2.75) is 19.4 Å². The molecule has 0 bridgehead atoms. The van der Waals surface area contributed by atoms with Gasteiger partial charge in [0, 0.05) is 0 Å². The van der Waals surface area contributed by atoms with Crippen LogP contribution in [0.4, 0.5) is 0 Å². The Morgan fingerprint density at radius 2 is 2.44 bits per heavy atom. The van der Waals surface area contributed by atoms with Gasteiger partial charge in [-0.3, -0.25) is 9.05 Å². The van der Waals surface area contributed by atoms with Gasteiger partial charge in [0.15, 0.2) is 0 Å². The molecule has 0 aromatic rings. The van der Waals surface area contributed by atoms with Crippen LogP contribution in [-0.2, 0) is 13.6 Å². The van der Waals surface area contributed by atoms with Crippen molar-refractivity contribution in [3.05, 3.63) is 0 Å². The Kier molecular flexibility index (Phi) is 1.91. The lowest BCUT2D eigenvalue weighted by atomic mass is 10.3. The van der Waals surface area contributed by atoms with Gasteiger partial charge in [-0.1, -0.05) is 0 Å². The van der Waals surface area contributed by atoms with E-state index in [0.29, 0.717) is 6.61 Å². The summed E-state index contributed by atoms with van der Waals surface area (Å²) in [5.41, 5.74) is 5.08. The van der Waals surface area contributed by atoms with Crippen molar-refractivity contribution in [1.82, 2.24) is 0 Å². The van der Waals surface area contributed by atoms with Gasteiger partial charge in [-0.2, -0.15) is 0 Å². The lowest BCUT2D eigenvalue weighted by Gasteiger charge is -2.23. The third-order valence-electron chi connectivity index (χ3n) is 1.12. The quantitative estimate of drug-likeness (QED) is 0.522. The van der Waals surface area contributed by atoms with Gasteiger partial charge in [0.1, 0.15) is 0 Å². The summed E-state index contributed by atoms with van der Waals surface area (Å²) >= 11 is 0. The predicted molar refractivity (Wildman–Crippen MR) is 32.9 cm³/mol. The Morgan fingerprint density at radius 1 is 1.78 bits per heavy atom. The first-order valence-corrected chi connectivity index (χ1v) is 4.43. The monoisotopic (exact) mass is 151 g/mol. The van der Waals surface area contributed by atoms with Gasteiger partial charge < -0.3 is 0 Å².